The van der Waals surface area contributed by atoms with Crippen LogP contribution >= 0.6 is 0 Å². The van der Waals surface area contributed by atoms with Gasteiger partial charge in [-0.1, -0.05) is 0 Å². The van der Waals surface area contributed by atoms with Crippen LogP contribution in [0.5, 0.6) is 0 Å². The number of rotatable bonds is 7. The maximum atomic E-state index is 12.5. The van der Waals surface area contributed by atoms with Crippen molar-refractivity contribution in [1.29, 1.82) is 0 Å². The highest BCUT2D eigenvalue weighted by Gasteiger charge is 2.31. The number of carboxylic acids is 1. The molecular weight excluding hydrogens is 286 g/mol. The van der Waals surface area contributed by atoms with E-state index in [0.717, 1.165) is 6.07 Å². The molecule has 7 nitrogen and oxygen atoms in total. The van der Waals surface area contributed by atoms with E-state index in [2.05, 4.69) is 0 Å². The molecule has 0 aliphatic carbocycles. The zero-order chi connectivity index (χ0) is 15.5. The van der Waals surface area contributed by atoms with E-state index >= 15 is 0 Å². The Hall–Kier alpha value is -1.38. The van der Waals surface area contributed by atoms with Gasteiger partial charge in [-0.2, -0.15) is 4.31 Å². The lowest BCUT2D eigenvalue weighted by Crippen LogP contribution is -2.38. The fourth-order valence-electron chi connectivity index (χ4n) is 1.84. The van der Waals surface area contributed by atoms with Gasteiger partial charge in [0, 0.05) is 25.3 Å². The fourth-order valence-corrected chi connectivity index (χ4v) is 3.67. The zero-order valence-electron chi connectivity index (χ0n) is 11.7. The second-order valence-electron chi connectivity index (χ2n) is 4.62. The third-order valence-electron chi connectivity index (χ3n) is 2.78. The Morgan fingerprint density at radius 3 is 2.45 bits per heavy atom. The van der Waals surface area contributed by atoms with E-state index in [0.29, 0.717) is 6.42 Å². The van der Waals surface area contributed by atoms with Crippen LogP contribution in [-0.2, 0) is 10.0 Å². The Morgan fingerprint density at radius 2 is 2.05 bits per heavy atom. The minimum atomic E-state index is -3.85. The van der Waals surface area contributed by atoms with E-state index in [1.807, 2.05) is 0 Å². The van der Waals surface area contributed by atoms with Crippen molar-refractivity contribution in [3.8, 4) is 0 Å². The second kappa shape index (κ2) is 6.38. The summed E-state index contributed by atoms with van der Waals surface area (Å²) in [6.45, 7) is 4.86. The zero-order valence-corrected chi connectivity index (χ0v) is 12.5. The van der Waals surface area contributed by atoms with E-state index in [4.69, 9.17) is 14.6 Å². The average Bonchev–Trinajstić information content (AvgIpc) is 2.72. The van der Waals surface area contributed by atoms with Crippen LogP contribution in [0.4, 0.5) is 0 Å². The molecule has 0 spiro atoms. The number of aliphatic hydroxyl groups is 1. The molecule has 0 bridgehead atoms. The maximum absolute atomic E-state index is 12.5. The minimum absolute atomic E-state index is 0.0389. The molecule has 1 aromatic heterocycles. The van der Waals surface area contributed by atoms with Crippen molar-refractivity contribution in [3.05, 3.63) is 17.6 Å². The van der Waals surface area contributed by atoms with Crippen molar-refractivity contribution >= 4 is 16.0 Å². The Kier molecular flexibility index (Phi) is 5.32. The monoisotopic (exact) mass is 305 g/mol. The normalized spacial score (nSPS) is 12.3. The van der Waals surface area contributed by atoms with Crippen LogP contribution in [0.1, 0.15) is 36.6 Å². The molecule has 1 rings (SSSR count). The van der Waals surface area contributed by atoms with E-state index in [1.165, 1.54) is 11.2 Å². The molecule has 0 unspecified atom stereocenters. The second-order valence-corrected chi connectivity index (χ2v) is 6.48. The van der Waals surface area contributed by atoms with Crippen LogP contribution in [0.3, 0.4) is 0 Å². The Morgan fingerprint density at radius 1 is 1.45 bits per heavy atom. The summed E-state index contributed by atoms with van der Waals surface area (Å²) < 4.78 is 31.2. The number of nitrogens with zero attached hydrogens (tertiary/aromatic N) is 1. The lowest BCUT2D eigenvalue weighted by Gasteiger charge is -2.25. The average molecular weight is 305 g/mol. The lowest BCUT2D eigenvalue weighted by molar-refractivity contribution is 0.0661. The van der Waals surface area contributed by atoms with E-state index in [9.17, 15) is 13.2 Å². The van der Waals surface area contributed by atoms with Crippen LogP contribution in [0, 0.1) is 6.92 Å². The Labute approximate surface area is 117 Å². The molecule has 0 amide bonds. The predicted octanol–water partition coefficient (Wildman–Crippen LogP) is 1.07. The number of carboxylic acid groups (broad SMARTS) is 1. The van der Waals surface area contributed by atoms with Crippen molar-refractivity contribution in [2.45, 2.75) is 38.1 Å². The van der Waals surface area contributed by atoms with Gasteiger partial charge in [0.1, 0.15) is 10.7 Å². The fraction of sp³-hybridized carbons (Fsp3) is 0.583. The van der Waals surface area contributed by atoms with Crippen LogP contribution in [0.2, 0.25) is 0 Å². The van der Waals surface area contributed by atoms with Gasteiger partial charge in [0.15, 0.2) is 0 Å². The Balaban J connectivity index is 3.22. The number of hydrogen-bond donors (Lipinski definition) is 2. The van der Waals surface area contributed by atoms with Gasteiger partial charge >= 0.3 is 5.97 Å². The molecule has 1 aromatic rings. The number of furan rings is 1. The first kappa shape index (κ1) is 16.7. The number of sulfonamides is 1. The summed E-state index contributed by atoms with van der Waals surface area (Å²) >= 11 is 0. The smallest absolute Gasteiger partial charge is 0.371 e. The summed E-state index contributed by atoms with van der Waals surface area (Å²) in [7, 11) is -3.85. The number of aliphatic hydroxyl groups excluding tert-OH is 1. The molecule has 0 aromatic carbocycles. The van der Waals surface area contributed by atoms with Crippen molar-refractivity contribution in [2.75, 3.05) is 13.2 Å². The molecule has 20 heavy (non-hydrogen) atoms. The molecule has 0 aliphatic heterocycles. The number of hydrogen-bond acceptors (Lipinski definition) is 5. The van der Waals surface area contributed by atoms with Gasteiger partial charge in [0.25, 0.3) is 0 Å². The first-order valence-corrected chi connectivity index (χ1v) is 7.62. The molecule has 2 N–H and O–H groups in total. The van der Waals surface area contributed by atoms with Gasteiger partial charge in [-0.15, -0.1) is 0 Å². The van der Waals surface area contributed by atoms with Gasteiger partial charge in [0.05, 0.1) is 0 Å². The van der Waals surface area contributed by atoms with Crippen molar-refractivity contribution < 1.29 is 27.8 Å². The highest BCUT2D eigenvalue weighted by molar-refractivity contribution is 7.89. The maximum Gasteiger partial charge on any atom is 0.371 e. The molecule has 114 valence electrons. The van der Waals surface area contributed by atoms with Crippen LogP contribution in [0.25, 0.3) is 0 Å². The number of aromatic carboxylic acids is 1. The van der Waals surface area contributed by atoms with E-state index in [-0.39, 0.29) is 29.8 Å². The summed E-state index contributed by atoms with van der Waals surface area (Å²) in [6.07, 6.45) is 0.306. The SMILES string of the molecule is Cc1oc(C(=O)O)cc1S(=O)(=O)N(CCCO)C(C)C. The quantitative estimate of drug-likeness (QED) is 0.780. The third-order valence-corrected chi connectivity index (χ3v) is 4.97. The molecule has 0 radical (unpaired) electrons. The predicted molar refractivity (Wildman–Crippen MR) is 71.1 cm³/mol. The highest BCUT2D eigenvalue weighted by Crippen LogP contribution is 2.25. The third kappa shape index (κ3) is 3.38. The highest BCUT2D eigenvalue weighted by atomic mass is 32.2. The van der Waals surface area contributed by atoms with Crippen molar-refractivity contribution in [1.82, 2.24) is 4.31 Å². The first-order valence-electron chi connectivity index (χ1n) is 6.18. The summed E-state index contributed by atoms with van der Waals surface area (Å²) in [6, 6.07) is 0.704. The summed E-state index contributed by atoms with van der Waals surface area (Å²) in [4.78, 5) is 10.7. The molecule has 0 saturated carbocycles. The Bertz CT molecular complexity index is 575. The first-order chi connectivity index (χ1) is 9.21. The van der Waals surface area contributed by atoms with Crippen LogP contribution in [0.15, 0.2) is 15.4 Å². The summed E-state index contributed by atoms with van der Waals surface area (Å²) in [5, 5.41) is 17.7. The van der Waals surface area contributed by atoms with Gasteiger partial charge in [-0.3, -0.25) is 0 Å². The van der Waals surface area contributed by atoms with Gasteiger partial charge in [-0.05, 0) is 27.2 Å². The standard InChI is InChI=1S/C12H19NO6S/c1-8(2)13(5-4-6-14)20(17,18)11-7-10(12(15)16)19-9(11)3/h7-8,14H,4-6H2,1-3H3,(H,15,16). The molecule has 0 fully saturated rings. The minimum Gasteiger partial charge on any atom is -0.475 e. The van der Waals surface area contributed by atoms with Crippen molar-refractivity contribution in [3.63, 3.8) is 0 Å². The summed E-state index contributed by atoms with van der Waals surface area (Å²) in [5.41, 5.74) is 0. The van der Waals surface area contributed by atoms with Crippen LogP contribution in [-0.4, -0.2) is 48.1 Å². The molecule has 1 heterocycles. The molecule has 0 atom stereocenters. The van der Waals surface area contributed by atoms with Crippen LogP contribution < -0.4 is 0 Å². The molecular formula is C12H19NO6S. The van der Waals surface area contributed by atoms with Gasteiger partial charge in [-0.25, -0.2) is 13.2 Å². The van der Waals surface area contributed by atoms with E-state index < -0.39 is 21.8 Å². The van der Waals surface area contributed by atoms with Crippen molar-refractivity contribution in [2.24, 2.45) is 0 Å². The lowest BCUT2D eigenvalue weighted by atomic mass is 10.3. The molecule has 0 aliphatic rings. The number of aryl methyl sites for hydroxylation is 1. The van der Waals surface area contributed by atoms with Gasteiger partial charge < -0.3 is 14.6 Å². The molecule has 0 saturated heterocycles. The van der Waals surface area contributed by atoms with Gasteiger partial charge in [0.2, 0.25) is 15.8 Å². The van der Waals surface area contributed by atoms with E-state index in [1.54, 1.807) is 13.8 Å². The largest absolute Gasteiger partial charge is 0.475 e. The topological polar surface area (TPSA) is 108 Å². The number of carbonyl (C=O) groups is 1. The molecule has 8 heteroatoms. The summed E-state index contributed by atoms with van der Waals surface area (Å²) in [5.74, 6) is -1.69.